The summed E-state index contributed by atoms with van der Waals surface area (Å²) < 4.78 is 11.5. The van der Waals surface area contributed by atoms with Crippen LogP contribution in [-0.2, 0) is 22.3 Å². The molecule has 2 aliphatic heterocycles. The van der Waals surface area contributed by atoms with Crippen molar-refractivity contribution in [1.82, 2.24) is 0 Å². The maximum Gasteiger partial charge on any atom is 0.215 e. The second kappa shape index (κ2) is 8.11. The van der Waals surface area contributed by atoms with E-state index >= 15 is 0 Å². The van der Waals surface area contributed by atoms with Gasteiger partial charge in [0, 0.05) is 6.42 Å². The van der Waals surface area contributed by atoms with Crippen LogP contribution in [0.3, 0.4) is 0 Å². The van der Waals surface area contributed by atoms with E-state index in [2.05, 4.69) is 37.3 Å². The summed E-state index contributed by atoms with van der Waals surface area (Å²) in [5.74, 6) is -1.20. The molecular formula is C21H26O4. The fourth-order valence-electron chi connectivity index (χ4n) is 3.11. The van der Waals surface area contributed by atoms with Crippen LogP contribution >= 0.6 is 0 Å². The Morgan fingerprint density at radius 3 is 2.60 bits per heavy atom. The Morgan fingerprint density at radius 2 is 1.88 bits per heavy atom. The highest BCUT2D eigenvalue weighted by atomic mass is 16.7. The number of aliphatic hydroxyl groups is 2. The first-order valence-corrected chi connectivity index (χ1v) is 8.88. The fourth-order valence-corrected chi connectivity index (χ4v) is 3.11. The third-order valence-electron chi connectivity index (χ3n) is 4.68. The predicted octanol–water partition coefficient (Wildman–Crippen LogP) is 2.70. The Bertz CT molecular complexity index is 659. The summed E-state index contributed by atoms with van der Waals surface area (Å²) in [5, 5.41) is 20.1. The minimum atomic E-state index is -1.20. The van der Waals surface area contributed by atoms with E-state index in [0.717, 1.165) is 18.4 Å². The second-order valence-electron chi connectivity index (χ2n) is 6.60. The van der Waals surface area contributed by atoms with Crippen LogP contribution in [0.5, 0.6) is 0 Å². The van der Waals surface area contributed by atoms with E-state index in [-0.39, 0.29) is 13.0 Å². The summed E-state index contributed by atoms with van der Waals surface area (Å²) in [4.78, 5) is 0. The average molecular weight is 342 g/mol. The topological polar surface area (TPSA) is 58.9 Å². The molecule has 1 spiro atoms. The molecule has 1 aromatic carbocycles. The van der Waals surface area contributed by atoms with E-state index in [4.69, 9.17) is 9.47 Å². The first-order chi connectivity index (χ1) is 12.1. The summed E-state index contributed by atoms with van der Waals surface area (Å²) in [5.41, 5.74) is 3.66. The van der Waals surface area contributed by atoms with Gasteiger partial charge in [0.05, 0.1) is 19.3 Å². The molecule has 2 heterocycles. The molecule has 4 nitrogen and oxygen atoms in total. The molecule has 25 heavy (non-hydrogen) atoms. The maximum atomic E-state index is 10.4. The molecule has 1 saturated heterocycles. The molecular weight excluding hydrogens is 316 g/mol. The molecule has 3 rings (SSSR count). The fraction of sp³-hybridized carbons (Fsp3) is 0.429. The Kier molecular flexibility index (Phi) is 5.86. The summed E-state index contributed by atoms with van der Waals surface area (Å²) in [6.07, 6.45) is 10.2. The van der Waals surface area contributed by atoms with Crippen LogP contribution < -0.4 is 0 Å². The number of allylic oxidation sites excluding steroid dienone is 4. The van der Waals surface area contributed by atoms with E-state index < -0.39 is 18.0 Å². The number of aliphatic hydroxyl groups excluding tert-OH is 2. The number of aryl methyl sites for hydroxylation is 1. The van der Waals surface area contributed by atoms with Gasteiger partial charge in [0.25, 0.3) is 0 Å². The molecule has 0 bridgehead atoms. The maximum absolute atomic E-state index is 10.4. The Hall–Kier alpha value is -1.72. The van der Waals surface area contributed by atoms with Gasteiger partial charge in [0.2, 0.25) is 5.79 Å². The van der Waals surface area contributed by atoms with Gasteiger partial charge < -0.3 is 19.7 Å². The minimum Gasteiger partial charge on any atom is -0.391 e. The van der Waals surface area contributed by atoms with Crippen LogP contribution in [-0.4, -0.2) is 41.4 Å². The van der Waals surface area contributed by atoms with Crippen molar-refractivity contribution in [2.75, 3.05) is 13.2 Å². The van der Waals surface area contributed by atoms with Crippen LogP contribution in [0.25, 0.3) is 0 Å². The van der Waals surface area contributed by atoms with Crippen molar-refractivity contribution in [3.05, 3.63) is 71.3 Å². The quantitative estimate of drug-likeness (QED) is 0.887. The zero-order valence-electron chi connectivity index (χ0n) is 14.6. The van der Waals surface area contributed by atoms with E-state index in [0.29, 0.717) is 6.61 Å². The molecule has 1 fully saturated rings. The highest BCUT2D eigenvalue weighted by Gasteiger charge is 2.43. The molecule has 4 heteroatoms. The molecule has 3 atom stereocenters. The van der Waals surface area contributed by atoms with Crippen LogP contribution in [0.4, 0.5) is 0 Å². The van der Waals surface area contributed by atoms with Gasteiger partial charge in [-0.1, -0.05) is 55.5 Å². The van der Waals surface area contributed by atoms with E-state index in [1.807, 2.05) is 18.2 Å². The van der Waals surface area contributed by atoms with Crippen LogP contribution in [0.15, 0.2) is 60.2 Å². The summed E-state index contributed by atoms with van der Waals surface area (Å²) in [7, 11) is 0. The molecule has 2 unspecified atom stereocenters. The third kappa shape index (κ3) is 4.47. The van der Waals surface area contributed by atoms with E-state index in [1.54, 1.807) is 6.08 Å². The normalized spacial score (nSPS) is 31.1. The lowest BCUT2D eigenvalue weighted by Crippen LogP contribution is -2.53. The van der Waals surface area contributed by atoms with Crippen molar-refractivity contribution in [2.45, 2.75) is 44.2 Å². The third-order valence-corrected chi connectivity index (χ3v) is 4.68. The zero-order valence-corrected chi connectivity index (χ0v) is 14.6. The molecule has 0 amide bonds. The number of hydrogen-bond acceptors (Lipinski definition) is 4. The number of rotatable bonds is 3. The van der Waals surface area contributed by atoms with Gasteiger partial charge in [-0.2, -0.15) is 0 Å². The smallest absolute Gasteiger partial charge is 0.215 e. The SMILES string of the molecule is CCc1ccc(CC2=C/C=C/CO[C@@]3(C=C2)OCC(O)CC3O)cc1. The lowest BCUT2D eigenvalue weighted by Gasteiger charge is -2.40. The minimum absolute atomic E-state index is 0.155. The van der Waals surface area contributed by atoms with Gasteiger partial charge in [0.1, 0.15) is 6.10 Å². The molecule has 0 saturated carbocycles. The largest absolute Gasteiger partial charge is 0.391 e. The van der Waals surface area contributed by atoms with Crippen LogP contribution in [0, 0.1) is 0 Å². The van der Waals surface area contributed by atoms with Gasteiger partial charge in [-0.25, -0.2) is 0 Å². The van der Waals surface area contributed by atoms with Gasteiger partial charge >= 0.3 is 0 Å². The average Bonchev–Trinajstić information content (AvgIpc) is 2.71. The molecule has 0 aromatic heterocycles. The lowest BCUT2D eigenvalue weighted by molar-refractivity contribution is -0.283. The van der Waals surface area contributed by atoms with Crippen molar-refractivity contribution in [1.29, 1.82) is 0 Å². The van der Waals surface area contributed by atoms with Gasteiger partial charge in [-0.05, 0) is 35.6 Å². The molecule has 134 valence electrons. The van der Waals surface area contributed by atoms with Crippen molar-refractivity contribution in [3.63, 3.8) is 0 Å². The highest BCUT2D eigenvalue weighted by Crippen LogP contribution is 2.30. The summed E-state index contributed by atoms with van der Waals surface area (Å²) >= 11 is 0. The lowest BCUT2D eigenvalue weighted by atomic mass is 9.97. The van der Waals surface area contributed by atoms with Crippen molar-refractivity contribution in [2.24, 2.45) is 0 Å². The van der Waals surface area contributed by atoms with E-state index in [9.17, 15) is 10.2 Å². The molecule has 2 aliphatic rings. The highest BCUT2D eigenvalue weighted by molar-refractivity contribution is 5.34. The Labute approximate surface area is 149 Å². The first kappa shape index (κ1) is 18.1. The summed E-state index contributed by atoms with van der Waals surface area (Å²) in [6, 6.07) is 8.62. The molecule has 1 aromatic rings. The monoisotopic (exact) mass is 342 g/mol. The van der Waals surface area contributed by atoms with Crippen LogP contribution in [0.2, 0.25) is 0 Å². The molecule has 2 N–H and O–H groups in total. The van der Waals surface area contributed by atoms with Crippen molar-refractivity contribution in [3.8, 4) is 0 Å². The summed E-state index contributed by atoms with van der Waals surface area (Å²) in [6.45, 7) is 2.64. The van der Waals surface area contributed by atoms with Gasteiger partial charge in [-0.3, -0.25) is 0 Å². The zero-order chi connectivity index (χ0) is 17.7. The Morgan fingerprint density at radius 1 is 1.12 bits per heavy atom. The first-order valence-electron chi connectivity index (χ1n) is 8.88. The predicted molar refractivity (Wildman–Crippen MR) is 97.2 cm³/mol. The number of hydrogen-bond donors (Lipinski definition) is 2. The Balaban J connectivity index is 1.79. The van der Waals surface area contributed by atoms with Gasteiger partial charge in [0.15, 0.2) is 0 Å². The van der Waals surface area contributed by atoms with Crippen molar-refractivity contribution < 1.29 is 19.7 Å². The number of ether oxygens (including phenoxy) is 2. The van der Waals surface area contributed by atoms with Crippen LogP contribution in [0.1, 0.15) is 24.5 Å². The standard InChI is InChI=1S/C21H26O4/c1-2-16-6-8-18(9-7-16)13-17-5-3-4-12-24-21(11-10-17)20(23)14-19(22)15-25-21/h3-11,19-20,22-23H,2,12-15H2,1H3/b4-3+,11-10?,17-5?/t19?,20?,21-/m0/s1. The van der Waals surface area contributed by atoms with Crippen molar-refractivity contribution >= 4 is 0 Å². The molecule has 0 radical (unpaired) electrons. The second-order valence-corrected chi connectivity index (χ2v) is 6.60. The number of benzene rings is 1. The molecule has 0 aliphatic carbocycles. The van der Waals surface area contributed by atoms with E-state index in [1.165, 1.54) is 11.1 Å². The van der Waals surface area contributed by atoms with Gasteiger partial charge in [-0.15, -0.1) is 0 Å².